The topological polar surface area (TPSA) is 54.9 Å². The summed E-state index contributed by atoms with van der Waals surface area (Å²) in [5.41, 5.74) is -1.18. The molecular weight excluding hydrogens is 319 g/mol. The molecule has 24 heavy (non-hydrogen) atoms. The fraction of sp³-hybridized carbons (Fsp3) is 0.353. The molecule has 3 saturated carbocycles. The van der Waals surface area contributed by atoms with Gasteiger partial charge in [-0.05, 0) is 37.5 Å². The third-order valence-corrected chi connectivity index (χ3v) is 4.96. The van der Waals surface area contributed by atoms with Gasteiger partial charge < -0.3 is 5.32 Å². The second-order valence-corrected chi connectivity index (χ2v) is 6.70. The number of rotatable bonds is 3. The van der Waals surface area contributed by atoms with E-state index in [1.165, 1.54) is 0 Å². The van der Waals surface area contributed by atoms with Crippen LogP contribution in [0.1, 0.15) is 29.6 Å². The van der Waals surface area contributed by atoms with Gasteiger partial charge in [-0.2, -0.15) is 13.2 Å². The average molecular weight is 333 g/mol. The van der Waals surface area contributed by atoms with Crippen molar-refractivity contribution in [3.63, 3.8) is 0 Å². The molecule has 0 saturated heterocycles. The van der Waals surface area contributed by atoms with E-state index in [4.69, 9.17) is 0 Å². The van der Waals surface area contributed by atoms with Gasteiger partial charge in [-0.15, -0.1) is 0 Å². The summed E-state index contributed by atoms with van der Waals surface area (Å²) in [5, 5.41) is 2.77. The molecule has 2 bridgehead atoms. The molecule has 3 aliphatic rings. The molecule has 3 aliphatic carbocycles. The van der Waals surface area contributed by atoms with Crippen LogP contribution in [0.2, 0.25) is 0 Å². The zero-order valence-corrected chi connectivity index (χ0v) is 12.6. The van der Waals surface area contributed by atoms with Crippen molar-refractivity contribution >= 4 is 5.91 Å². The second-order valence-electron chi connectivity index (χ2n) is 6.70. The van der Waals surface area contributed by atoms with Crippen molar-refractivity contribution in [2.45, 2.75) is 31.0 Å². The predicted octanol–water partition coefficient (Wildman–Crippen LogP) is 3.36. The predicted molar refractivity (Wildman–Crippen MR) is 80.0 cm³/mol. The summed E-state index contributed by atoms with van der Waals surface area (Å²) < 4.78 is 38.6. The van der Waals surface area contributed by atoms with Crippen LogP contribution in [-0.2, 0) is 0 Å². The second kappa shape index (κ2) is 4.78. The molecule has 124 valence electrons. The van der Waals surface area contributed by atoms with Crippen LogP contribution < -0.4 is 5.32 Å². The SMILES string of the molecule is O=C(NC12CC(C(F)(F)F)(C1)C2)c1cccc(-c2ncccn2)c1. The molecule has 0 aliphatic heterocycles. The maximum absolute atomic E-state index is 12.9. The lowest BCUT2D eigenvalue weighted by Gasteiger charge is -2.70. The van der Waals surface area contributed by atoms with Gasteiger partial charge in [-0.25, -0.2) is 9.97 Å². The molecule has 5 rings (SSSR count). The number of nitrogens with zero attached hydrogens (tertiary/aromatic N) is 2. The largest absolute Gasteiger partial charge is 0.394 e. The Morgan fingerprint density at radius 1 is 1.08 bits per heavy atom. The molecule has 2 aromatic rings. The average Bonchev–Trinajstić information content (AvgIpc) is 2.49. The monoisotopic (exact) mass is 333 g/mol. The first-order valence-electron chi connectivity index (χ1n) is 7.59. The molecule has 1 aromatic carbocycles. The molecule has 1 aromatic heterocycles. The number of nitrogens with one attached hydrogen (secondary N) is 1. The standard InChI is InChI=1S/C17H14F3N3O/c18-17(19,20)15-8-16(9-15,10-15)23-14(24)12-4-1-3-11(7-12)13-21-5-2-6-22-13/h1-7H,8-10H2,(H,23,24). The Hall–Kier alpha value is -2.44. The normalized spacial score (nSPS) is 27.8. The van der Waals surface area contributed by atoms with Gasteiger partial charge in [0, 0.05) is 29.1 Å². The molecule has 0 atom stereocenters. The van der Waals surface area contributed by atoms with E-state index in [-0.39, 0.29) is 25.2 Å². The number of amides is 1. The summed E-state index contributed by atoms with van der Waals surface area (Å²) in [6, 6.07) is 8.47. The van der Waals surface area contributed by atoms with E-state index in [1.807, 2.05) is 0 Å². The van der Waals surface area contributed by atoms with Gasteiger partial charge in [-0.3, -0.25) is 4.79 Å². The number of alkyl halides is 3. The van der Waals surface area contributed by atoms with Crippen molar-refractivity contribution in [1.29, 1.82) is 0 Å². The highest BCUT2D eigenvalue weighted by molar-refractivity contribution is 5.96. The molecule has 1 N–H and O–H groups in total. The van der Waals surface area contributed by atoms with E-state index in [1.54, 1.807) is 42.7 Å². The van der Waals surface area contributed by atoms with Crippen LogP contribution in [0.5, 0.6) is 0 Å². The molecule has 0 unspecified atom stereocenters. The summed E-state index contributed by atoms with van der Waals surface area (Å²) in [4.78, 5) is 20.6. The zero-order valence-electron chi connectivity index (χ0n) is 12.6. The summed E-state index contributed by atoms with van der Waals surface area (Å²) in [7, 11) is 0. The summed E-state index contributed by atoms with van der Waals surface area (Å²) >= 11 is 0. The van der Waals surface area contributed by atoms with E-state index >= 15 is 0 Å². The first-order chi connectivity index (χ1) is 11.3. The van der Waals surface area contributed by atoms with Crippen LogP contribution in [0.3, 0.4) is 0 Å². The van der Waals surface area contributed by atoms with Gasteiger partial charge in [0.15, 0.2) is 5.82 Å². The fourth-order valence-electron chi connectivity index (χ4n) is 3.78. The van der Waals surface area contributed by atoms with E-state index in [0.29, 0.717) is 17.0 Å². The van der Waals surface area contributed by atoms with Crippen LogP contribution in [0.4, 0.5) is 13.2 Å². The summed E-state index contributed by atoms with van der Waals surface area (Å²) in [6.07, 6.45) is -1.02. The first kappa shape index (κ1) is 15.1. The summed E-state index contributed by atoms with van der Waals surface area (Å²) in [5.74, 6) is 0.136. The van der Waals surface area contributed by atoms with Crippen LogP contribution >= 0.6 is 0 Å². The van der Waals surface area contributed by atoms with Crippen molar-refractivity contribution in [2.75, 3.05) is 0 Å². The maximum atomic E-state index is 12.9. The van der Waals surface area contributed by atoms with Crippen molar-refractivity contribution in [3.8, 4) is 11.4 Å². The van der Waals surface area contributed by atoms with E-state index in [0.717, 1.165) is 0 Å². The minimum absolute atomic E-state index is 0.0171. The molecule has 7 heteroatoms. The van der Waals surface area contributed by atoms with Gasteiger partial charge in [0.1, 0.15) is 0 Å². The number of carbonyl (C=O) groups is 1. The highest BCUT2D eigenvalue weighted by atomic mass is 19.4. The lowest BCUT2D eigenvalue weighted by atomic mass is 9.39. The minimum atomic E-state index is -4.18. The Morgan fingerprint density at radius 2 is 1.75 bits per heavy atom. The van der Waals surface area contributed by atoms with E-state index in [9.17, 15) is 18.0 Å². The lowest BCUT2D eigenvalue weighted by molar-refractivity contribution is -0.336. The van der Waals surface area contributed by atoms with Crippen LogP contribution in [-0.4, -0.2) is 27.6 Å². The van der Waals surface area contributed by atoms with Crippen LogP contribution in [0.15, 0.2) is 42.7 Å². The Bertz CT molecular complexity index is 784. The molecule has 0 spiro atoms. The highest BCUT2D eigenvalue weighted by Crippen LogP contribution is 2.73. The molecule has 3 fully saturated rings. The first-order valence-corrected chi connectivity index (χ1v) is 7.59. The summed E-state index contributed by atoms with van der Waals surface area (Å²) in [6.45, 7) is 0. The number of aromatic nitrogens is 2. The molecule has 4 nitrogen and oxygen atoms in total. The van der Waals surface area contributed by atoms with Gasteiger partial charge >= 0.3 is 6.18 Å². The van der Waals surface area contributed by atoms with Crippen LogP contribution in [0.25, 0.3) is 11.4 Å². The third kappa shape index (κ3) is 2.18. The van der Waals surface area contributed by atoms with E-state index in [2.05, 4.69) is 15.3 Å². The Morgan fingerprint density at radius 3 is 2.38 bits per heavy atom. The minimum Gasteiger partial charge on any atom is -0.347 e. The lowest BCUT2D eigenvalue weighted by Crippen LogP contribution is -2.78. The zero-order chi connectivity index (χ0) is 17.0. The number of hydrogen-bond donors (Lipinski definition) is 1. The molecule has 1 amide bonds. The molecular formula is C17H14F3N3O. The van der Waals surface area contributed by atoms with Gasteiger partial charge in [-0.1, -0.05) is 12.1 Å². The Labute approximate surface area is 136 Å². The van der Waals surface area contributed by atoms with Crippen molar-refractivity contribution in [1.82, 2.24) is 15.3 Å². The van der Waals surface area contributed by atoms with Crippen molar-refractivity contribution in [3.05, 3.63) is 48.3 Å². The van der Waals surface area contributed by atoms with Crippen molar-refractivity contribution < 1.29 is 18.0 Å². The van der Waals surface area contributed by atoms with Crippen molar-refractivity contribution in [2.24, 2.45) is 5.41 Å². The number of carbonyl (C=O) groups excluding carboxylic acids is 1. The quantitative estimate of drug-likeness (QED) is 0.937. The molecule has 0 radical (unpaired) electrons. The fourth-order valence-corrected chi connectivity index (χ4v) is 3.78. The van der Waals surface area contributed by atoms with E-state index < -0.39 is 17.1 Å². The third-order valence-electron chi connectivity index (χ3n) is 4.96. The highest BCUT2D eigenvalue weighted by Gasteiger charge is 2.78. The Balaban J connectivity index is 1.48. The van der Waals surface area contributed by atoms with Gasteiger partial charge in [0.25, 0.3) is 5.91 Å². The van der Waals surface area contributed by atoms with Crippen LogP contribution in [0, 0.1) is 5.41 Å². The number of hydrogen-bond acceptors (Lipinski definition) is 3. The Kier molecular flexibility index (Phi) is 3.01. The number of benzene rings is 1. The van der Waals surface area contributed by atoms with Gasteiger partial charge in [0.2, 0.25) is 0 Å². The van der Waals surface area contributed by atoms with Gasteiger partial charge in [0.05, 0.1) is 5.41 Å². The smallest absolute Gasteiger partial charge is 0.347 e. The molecule has 1 heterocycles. The maximum Gasteiger partial charge on any atom is 0.394 e. The number of halogens is 3.